The van der Waals surface area contributed by atoms with Crippen LogP contribution >= 0.6 is 0 Å². The maximum absolute atomic E-state index is 12.5. The van der Waals surface area contributed by atoms with Crippen LogP contribution in [0.4, 0.5) is 0 Å². The second-order valence-electron chi connectivity index (χ2n) is 14.6. The molecule has 254 valence electrons. The van der Waals surface area contributed by atoms with Gasteiger partial charge in [0, 0.05) is 19.4 Å². The number of epoxide rings is 1. The molecule has 9 atom stereocenters. The Balaban J connectivity index is 1.63. The number of allylic oxidation sites excluding steroid dienone is 2. The number of hydrogen-bond donors (Lipinski definition) is 2. The van der Waals surface area contributed by atoms with Crippen molar-refractivity contribution in [1.29, 1.82) is 0 Å². The first-order chi connectivity index (χ1) is 20.8. The largest absolute Gasteiger partial charge is 0.481 e. The predicted molar refractivity (Wildman–Crippen MR) is 174 cm³/mol. The highest BCUT2D eigenvalue weighted by atomic mass is 28.4. The van der Waals surface area contributed by atoms with E-state index in [1.807, 2.05) is 26.0 Å². The molecule has 0 aromatic rings. The van der Waals surface area contributed by atoms with Crippen molar-refractivity contribution in [3.05, 3.63) is 36.0 Å². The Labute approximate surface area is 270 Å². The van der Waals surface area contributed by atoms with Gasteiger partial charge in [-0.05, 0) is 63.7 Å². The van der Waals surface area contributed by atoms with E-state index in [-0.39, 0.29) is 47.6 Å². The summed E-state index contributed by atoms with van der Waals surface area (Å²) in [5, 5.41) is 12.5. The van der Waals surface area contributed by atoms with E-state index in [1.54, 1.807) is 13.0 Å². The summed E-state index contributed by atoms with van der Waals surface area (Å²) in [6, 6.07) is -0.126. The van der Waals surface area contributed by atoms with Gasteiger partial charge in [-0.2, -0.15) is 0 Å². The van der Waals surface area contributed by atoms with Crippen LogP contribution in [0.2, 0.25) is 18.1 Å². The average molecular weight is 650 g/mol. The molecule has 0 aliphatic carbocycles. The molecule has 1 amide bonds. The summed E-state index contributed by atoms with van der Waals surface area (Å²) in [4.78, 5) is 35.1. The molecule has 10 nitrogen and oxygen atoms in total. The average Bonchev–Trinajstić information content (AvgIpc) is 3.67. The van der Waals surface area contributed by atoms with Gasteiger partial charge in [-0.25, -0.2) is 0 Å². The van der Waals surface area contributed by atoms with Crippen molar-refractivity contribution in [3.63, 3.8) is 0 Å². The van der Waals surface area contributed by atoms with Crippen molar-refractivity contribution in [1.82, 2.24) is 5.32 Å². The van der Waals surface area contributed by atoms with Crippen molar-refractivity contribution in [3.8, 4) is 0 Å². The van der Waals surface area contributed by atoms with Crippen LogP contribution in [0.5, 0.6) is 0 Å². The lowest BCUT2D eigenvalue weighted by Crippen LogP contribution is -2.57. The monoisotopic (exact) mass is 649 g/mol. The molecule has 0 aromatic heterocycles. The molecule has 0 aromatic carbocycles. The van der Waals surface area contributed by atoms with Crippen molar-refractivity contribution < 1.29 is 42.9 Å². The Kier molecular flexibility index (Phi) is 12.4. The molecular weight excluding hydrogens is 594 g/mol. The molecule has 45 heavy (non-hydrogen) atoms. The van der Waals surface area contributed by atoms with E-state index in [2.05, 4.69) is 52.2 Å². The molecule has 3 aliphatic rings. The summed E-state index contributed by atoms with van der Waals surface area (Å²) in [7, 11) is -2.17. The molecule has 3 heterocycles. The molecule has 3 rings (SSSR count). The second-order valence-corrected chi connectivity index (χ2v) is 19.4. The minimum Gasteiger partial charge on any atom is -0.481 e. The molecule has 0 unspecified atom stereocenters. The smallest absolute Gasteiger partial charge is 0.305 e. The van der Waals surface area contributed by atoms with Gasteiger partial charge in [-0.3, -0.25) is 14.4 Å². The number of aliphatic carboxylic acids is 1. The van der Waals surface area contributed by atoms with Gasteiger partial charge in [0.2, 0.25) is 5.91 Å². The van der Waals surface area contributed by atoms with Crippen molar-refractivity contribution >= 4 is 26.2 Å². The Hall–Kier alpha value is -2.31. The lowest BCUT2D eigenvalue weighted by atomic mass is 9.87. The summed E-state index contributed by atoms with van der Waals surface area (Å²) in [5.74, 6) is -1.31. The molecule has 3 saturated heterocycles. The van der Waals surface area contributed by atoms with Crippen molar-refractivity contribution in [2.75, 3.05) is 6.61 Å². The number of hydrogen-bond acceptors (Lipinski definition) is 8. The van der Waals surface area contributed by atoms with E-state index >= 15 is 0 Å². The highest BCUT2D eigenvalue weighted by Crippen LogP contribution is 2.48. The number of amides is 1. The van der Waals surface area contributed by atoms with E-state index in [0.29, 0.717) is 19.4 Å². The maximum atomic E-state index is 12.5. The van der Waals surface area contributed by atoms with Crippen molar-refractivity contribution in [2.24, 2.45) is 5.92 Å². The number of nitrogens with one attached hydrogen (secondary N) is 1. The number of carboxylic acids is 1. The van der Waals surface area contributed by atoms with Gasteiger partial charge in [0.05, 0.1) is 37.4 Å². The summed E-state index contributed by atoms with van der Waals surface area (Å²) >= 11 is 0. The molecule has 11 heteroatoms. The third-order valence-electron chi connectivity index (χ3n) is 9.52. The second kappa shape index (κ2) is 15.1. The number of esters is 1. The van der Waals surface area contributed by atoms with Gasteiger partial charge in [-0.15, -0.1) is 0 Å². The van der Waals surface area contributed by atoms with Crippen LogP contribution in [0.1, 0.15) is 81.1 Å². The van der Waals surface area contributed by atoms with Gasteiger partial charge in [0.1, 0.15) is 23.9 Å². The molecule has 3 fully saturated rings. The maximum Gasteiger partial charge on any atom is 0.305 e. The lowest BCUT2D eigenvalue weighted by molar-refractivity contribution is -0.153. The first-order valence-corrected chi connectivity index (χ1v) is 19.1. The standard InChI is InChI=1S/C34H55NO9Si/c1-21(11-14-28-22(2)17-27(24(4)42-28)35-30(37)16-13-23(3)41-25(5)36)12-15-29-32(44-45(9,10)33(6,7)8)34(20-40-34)19-26(43-29)18-31(38)39/h11-13,15-16,22-24,26-29,32H,14,17-20H2,1-10H3,(H,35,37)(H,38,39)/b15-12+,16-13-,21-11+/t22-,23-,24+,26+,27+,28-,29+,32+,34+/m0/s1. The number of carbonyl (C=O) groups is 3. The van der Waals surface area contributed by atoms with Gasteiger partial charge < -0.3 is 33.8 Å². The molecule has 2 N–H and O–H groups in total. The zero-order chi connectivity index (χ0) is 33.7. The summed E-state index contributed by atoms with van der Waals surface area (Å²) in [6.07, 6.45) is 9.24. The Morgan fingerprint density at radius 3 is 2.38 bits per heavy atom. The number of carbonyl (C=O) groups excluding carboxylic acids is 2. The third-order valence-corrected chi connectivity index (χ3v) is 14.0. The van der Waals surface area contributed by atoms with E-state index in [4.69, 9.17) is 23.4 Å². The number of carboxylic acid groups (broad SMARTS) is 1. The van der Waals surface area contributed by atoms with E-state index in [9.17, 15) is 19.5 Å². The fourth-order valence-electron chi connectivity index (χ4n) is 5.73. The van der Waals surface area contributed by atoms with Crippen LogP contribution in [-0.4, -0.2) is 86.1 Å². The first kappa shape index (κ1) is 37.1. The van der Waals surface area contributed by atoms with E-state index < -0.39 is 44.2 Å². The molecular formula is C34H55NO9Si. The fourth-order valence-corrected chi connectivity index (χ4v) is 7.07. The summed E-state index contributed by atoms with van der Waals surface area (Å²) in [5.41, 5.74) is 0.534. The van der Waals surface area contributed by atoms with Crippen molar-refractivity contribution in [2.45, 2.75) is 147 Å². The van der Waals surface area contributed by atoms with Gasteiger partial charge in [-0.1, -0.05) is 51.5 Å². The van der Waals surface area contributed by atoms with E-state index in [1.165, 1.54) is 13.0 Å². The van der Waals surface area contributed by atoms with Crippen LogP contribution in [0.3, 0.4) is 0 Å². The zero-order valence-electron chi connectivity index (χ0n) is 28.8. The molecule has 1 spiro atoms. The SMILES string of the molecule is CC(=O)O[C@@H](C)/C=C\C(=O)N[C@@H]1C[C@H](C)[C@H](C/C=C(C)/C=C/[C@H]2O[C@H](CC(=O)O)C[C@@]3(CO3)[C@@H]2O[Si](C)(C)C(C)(C)C)O[C@@H]1C. The highest BCUT2D eigenvalue weighted by Gasteiger charge is 2.61. The van der Waals surface area contributed by atoms with E-state index in [0.717, 1.165) is 12.0 Å². The number of rotatable bonds is 12. The predicted octanol–water partition coefficient (Wildman–Crippen LogP) is 5.48. The van der Waals surface area contributed by atoms with Gasteiger partial charge in [0.15, 0.2) is 8.32 Å². The minimum absolute atomic E-state index is 0.000268. The van der Waals surface area contributed by atoms with Crippen LogP contribution in [0, 0.1) is 5.92 Å². The highest BCUT2D eigenvalue weighted by molar-refractivity contribution is 6.74. The van der Waals surface area contributed by atoms with Gasteiger partial charge >= 0.3 is 11.9 Å². The van der Waals surface area contributed by atoms with Gasteiger partial charge in [0.25, 0.3) is 0 Å². The molecule has 3 aliphatic heterocycles. The summed E-state index contributed by atoms with van der Waals surface area (Å²) in [6.45, 7) is 20.7. The zero-order valence-corrected chi connectivity index (χ0v) is 29.8. The molecule has 0 saturated carbocycles. The van der Waals surface area contributed by atoms with Crippen LogP contribution in [-0.2, 0) is 37.8 Å². The molecule has 0 radical (unpaired) electrons. The first-order valence-electron chi connectivity index (χ1n) is 16.2. The number of ether oxygens (including phenoxy) is 4. The topological polar surface area (TPSA) is 133 Å². The van der Waals surface area contributed by atoms with Crippen LogP contribution in [0.15, 0.2) is 36.0 Å². The van der Waals surface area contributed by atoms with Crippen LogP contribution in [0.25, 0.3) is 0 Å². The summed E-state index contributed by atoms with van der Waals surface area (Å²) < 4.78 is 30.6. The Bertz CT molecular complexity index is 1150. The normalized spacial score (nSPS) is 33.4. The third kappa shape index (κ3) is 10.6. The molecule has 0 bridgehead atoms. The fraction of sp³-hybridized carbons (Fsp3) is 0.735. The quantitative estimate of drug-likeness (QED) is 0.0928. The Morgan fingerprint density at radius 1 is 1.13 bits per heavy atom. The minimum atomic E-state index is -2.17. The lowest BCUT2D eigenvalue weighted by Gasteiger charge is -2.46. The van der Waals surface area contributed by atoms with Crippen LogP contribution < -0.4 is 5.32 Å². The Morgan fingerprint density at radius 2 is 1.80 bits per heavy atom.